The molecule has 0 nitrogen and oxygen atoms in total. The van der Waals surface area contributed by atoms with E-state index in [-0.39, 0.29) is 29.6 Å². The summed E-state index contributed by atoms with van der Waals surface area (Å²) in [7, 11) is 0. The van der Waals surface area contributed by atoms with Crippen LogP contribution in [0.1, 0.15) is 0 Å². The first kappa shape index (κ1) is 7.22. The monoisotopic (exact) mass is 101 g/mol. The largest absolute Gasteiger partial charge is 0.0622 e. The minimum atomic E-state index is 0. The smallest absolute Gasteiger partial charge is 0.0184 e. The van der Waals surface area contributed by atoms with Crippen LogP contribution in [0.2, 0.25) is 0 Å². The van der Waals surface area contributed by atoms with E-state index in [9.17, 15) is 0 Å². The van der Waals surface area contributed by atoms with Crippen LogP contribution in [0, 0.1) is 6.07 Å². The van der Waals surface area contributed by atoms with Crippen LogP contribution in [0.3, 0.4) is 0 Å². The fourth-order valence-electron chi connectivity index (χ4n) is 0.342. The second-order valence-corrected chi connectivity index (χ2v) is 1.08. The molecule has 0 saturated heterocycles. The van der Waals surface area contributed by atoms with Crippen molar-refractivity contribution in [3.63, 3.8) is 0 Å². The van der Waals surface area contributed by atoms with Crippen LogP contribution in [0.25, 0.3) is 0 Å². The van der Waals surface area contributed by atoms with Gasteiger partial charge >= 0.3 is 29.6 Å². The van der Waals surface area contributed by atoms with E-state index >= 15 is 0 Å². The summed E-state index contributed by atoms with van der Waals surface area (Å²) in [5, 5.41) is 0. The molecule has 7 heavy (non-hydrogen) atoms. The van der Waals surface area contributed by atoms with Crippen LogP contribution >= 0.6 is 0 Å². The van der Waals surface area contributed by atoms with Crippen LogP contribution in [0.5, 0.6) is 0 Å². The van der Waals surface area contributed by atoms with Gasteiger partial charge < -0.3 is 0 Å². The van der Waals surface area contributed by atoms with E-state index in [0.29, 0.717) is 0 Å². The number of hydrogen-bond donors (Lipinski definition) is 0. The van der Waals surface area contributed by atoms with Gasteiger partial charge in [-0.05, 0) is 6.07 Å². The van der Waals surface area contributed by atoms with Crippen LogP contribution in [0.15, 0.2) is 30.3 Å². The van der Waals surface area contributed by atoms with Gasteiger partial charge in [0.25, 0.3) is 0 Å². The molecule has 0 aliphatic rings. The first-order valence-electron chi connectivity index (χ1n) is 1.91. The molecule has 0 unspecified atom stereocenters. The van der Waals surface area contributed by atoms with E-state index in [1.807, 2.05) is 30.3 Å². The summed E-state index contributed by atoms with van der Waals surface area (Å²) < 4.78 is 0. The SMILES string of the molecule is [NaH].[c]1ccccc1. The van der Waals surface area contributed by atoms with Gasteiger partial charge in [0.15, 0.2) is 0 Å². The van der Waals surface area contributed by atoms with Crippen molar-refractivity contribution in [2.24, 2.45) is 0 Å². The maximum atomic E-state index is 2.89. The minimum absolute atomic E-state index is 0. The summed E-state index contributed by atoms with van der Waals surface area (Å²) in [6.45, 7) is 0. The van der Waals surface area contributed by atoms with Crippen molar-refractivity contribution in [2.75, 3.05) is 0 Å². The average Bonchev–Trinajstić information content (AvgIpc) is 1.72. The summed E-state index contributed by atoms with van der Waals surface area (Å²) >= 11 is 0. The van der Waals surface area contributed by atoms with E-state index < -0.39 is 0 Å². The zero-order chi connectivity index (χ0) is 4.24. The molecule has 1 heteroatoms. The molecular formula is C6H6Na. The molecular weight excluding hydrogens is 95.1 g/mol. The molecule has 0 N–H and O–H groups in total. The first-order valence-corrected chi connectivity index (χ1v) is 1.91. The first-order chi connectivity index (χ1) is 3.00. The Morgan fingerprint density at radius 2 is 1.43 bits per heavy atom. The van der Waals surface area contributed by atoms with Gasteiger partial charge in [0.1, 0.15) is 0 Å². The molecule has 1 aromatic carbocycles. The molecule has 1 rings (SSSR count). The molecule has 0 aliphatic heterocycles. The quantitative estimate of drug-likeness (QED) is 0.425. The second kappa shape index (κ2) is 4.38. The summed E-state index contributed by atoms with van der Waals surface area (Å²) in [6.07, 6.45) is 0. The third-order valence-electron chi connectivity index (χ3n) is 0.607. The molecule has 0 amide bonds. The molecule has 0 fully saturated rings. The molecule has 0 bridgehead atoms. The number of rotatable bonds is 0. The Balaban J connectivity index is 0.000000360. The predicted molar refractivity (Wildman–Crippen MR) is 32.4 cm³/mol. The standard InChI is InChI=1S/C6H5.Na.H/c1-2-4-6-5-3-1;;/h1-5H;;. The molecule has 0 aliphatic carbocycles. The molecule has 0 spiro atoms. The van der Waals surface area contributed by atoms with E-state index in [0.717, 1.165) is 0 Å². The van der Waals surface area contributed by atoms with E-state index in [1.165, 1.54) is 0 Å². The van der Waals surface area contributed by atoms with E-state index in [2.05, 4.69) is 6.07 Å². The van der Waals surface area contributed by atoms with Gasteiger partial charge in [-0.25, -0.2) is 0 Å². The summed E-state index contributed by atoms with van der Waals surface area (Å²) in [6, 6.07) is 12.5. The van der Waals surface area contributed by atoms with Gasteiger partial charge in [0.2, 0.25) is 0 Å². The molecule has 0 saturated carbocycles. The zero-order valence-electron chi connectivity index (χ0n) is 3.39. The summed E-state index contributed by atoms with van der Waals surface area (Å²) in [5.41, 5.74) is 0. The summed E-state index contributed by atoms with van der Waals surface area (Å²) in [4.78, 5) is 0. The van der Waals surface area contributed by atoms with Gasteiger partial charge in [0.05, 0.1) is 0 Å². The molecule has 31 valence electrons. The Labute approximate surface area is 65.8 Å². The van der Waals surface area contributed by atoms with Crippen molar-refractivity contribution in [3.05, 3.63) is 36.4 Å². The zero-order valence-corrected chi connectivity index (χ0v) is 3.39. The molecule has 1 radical (unpaired) electrons. The van der Waals surface area contributed by atoms with Crippen molar-refractivity contribution in [2.45, 2.75) is 0 Å². The molecule has 0 heterocycles. The average molecular weight is 101 g/mol. The Bertz CT molecular complexity index is 76.1. The van der Waals surface area contributed by atoms with Crippen LogP contribution in [0.4, 0.5) is 0 Å². The van der Waals surface area contributed by atoms with Gasteiger partial charge in [-0.3, -0.25) is 0 Å². The van der Waals surface area contributed by atoms with Crippen LogP contribution < -0.4 is 0 Å². The van der Waals surface area contributed by atoms with Gasteiger partial charge in [-0.15, -0.1) is 0 Å². The number of benzene rings is 1. The minimum Gasteiger partial charge on any atom is -0.0622 e. The normalized spacial score (nSPS) is 6.86. The third kappa shape index (κ3) is 2.86. The Kier molecular flexibility index (Phi) is 4.52. The second-order valence-electron chi connectivity index (χ2n) is 1.08. The van der Waals surface area contributed by atoms with E-state index in [1.54, 1.807) is 0 Å². The maximum Gasteiger partial charge on any atom is -0.0184 e. The van der Waals surface area contributed by atoms with Crippen molar-refractivity contribution in [3.8, 4) is 0 Å². The van der Waals surface area contributed by atoms with Crippen molar-refractivity contribution >= 4 is 29.6 Å². The molecule has 0 atom stereocenters. The Morgan fingerprint density at radius 1 is 0.857 bits per heavy atom. The van der Waals surface area contributed by atoms with Crippen molar-refractivity contribution in [1.29, 1.82) is 0 Å². The van der Waals surface area contributed by atoms with E-state index in [4.69, 9.17) is 0 Å². The van der Waals surface area contributed by atoms with Gasteiger partial charge in [-0.1, -0.05) is 30.3 Å². The third-order valence-corrected chi connectivity index (χ3v) is 0.607. The number of hydrogen-bond acceptors (Lipinski definition) is 0. The summed E-state index contributed by atoms with van der Waals surface area (Å²) in [5.74, 6) is 0. The van der Waals surface area contributed by atoms with Gasteiger partial charge in [0, 0.05) is 0 Å². The Morgan fingerprint density at radius 3 is 1.57 bits per heavy atom. The maximum absolute atomic E-state index is 2.89. The van der Waals surface area contributed by atoms with Crippen LogP contribution in [-0.4, -0.2) is 29.6 Å². The Hall–Kier alpha value is 0.220. The predicted octanol–water partition coefficient (Wildman–Crippen LogP) is 0.838. The molecule has 1 aromatic rings. The topological polar surface area (TPSA) is 0 Å². The van der Waals surface area contributed by atoms with Crippen molar-refractivity contribution in [1.82, 2.24) is 0 Å². The van der Waals surface area contributed by atoms with Crippen molar-refractivity contribution < 1.29 is 0 Å². The fraction of sp³-hybridized carbons (Fsp3) is 0. The van der Waals surface area contributed by atoms with Gasteiger partial charge in [-0.2, -0.15) is 0 Å². The molecule has 0 aromatic heterocycles. The van der Waals surface area contributed by atoms with Crippen LogP contribution in [-0.2, 0) is 0 Å². The fourth-order valence-corrected chi connectivity index (χ4v) is 0.342.